The Balaban J connectivity index is 1.41. The Labute approximate surface area is 361 Å². The number of benzene rings is 4. The van der Waals surface area contributed by atoms with Crippen LogP contribution in [0.5, 0.6) is 5.75 Å². The molecular weight excluding hydrogens is 819 g/mol. The lowest BCUT2D eigenvalue weighted by molar-refractivity contribution is -0.151. The molecule has 63 heavy (non-hydrogen) atoms. The van der Waals surface area contributed by atoms with Gasteiger partial charge in [0.25, 0.3) is 11.8 Å². The molecular formula is C45H49N5O13. The van der Waals surface area contributed by atoms with E-state index < -0.39 is 90.3 Å². The number of fused-ring (bicyclic) bond motifs is 1. The molecule has 332 valence electrons. The summed E-state index contributed by atoms with van der Waals surface area (Å²) in [7, 11) is 0. The number of hydrogen-bond acceptors (Lipinski definition) is 13. The van der Waals surface area contributed by atoms with Gasteiger partial charge in [-0.3, -0.25) is 24.0 Å². The third-order valence-corrected chi connectivity index (χ3v) is 10.5. The van der Waals surface area contributed by atoms with Gasteiger partial charge in [0.1, 0.15) is 37.2 Å². The lowest BCUT2D eigenvalue weighted by Gasteiger charge is -2.32. The molecule has 0 bridgehead atoms. The molecule has 18 heteroatoms. The number of ether oxygens (including phenoxy) is 2. The van der Waals surface area contributed by atoms with E-state index in [1.54, 1.807) is 67.6 Å². The topological polar surface area (TPSA) is 293 Å². The number of aliphatic hydroxyl groups excluding tert-OH is 2. The van der Waals surface area contributed by atoms with Crippen molar-refractivity contribution in [1.29, 1.82) is 0 Å². The number of esters is 1. The maximum absolute atomic E-state index is 13.9. The minimum atomic E-state index is -2.74. The number of Topliss-reactive ketones (excluding diaryl/α,β-unsaturated/α-hetero) is 1. The number of anilines is 1. The highest BCUT2D eigenvalue weighted by Gasteiger charge is 2.54. The largest absolute Gasteiger partial charge is 0.507 e. The Morgan fingerprint density at radius 1 is 0.794 bits per heavy atom. The lowest BCUT2D eigenvalue weighted by atomic mass is 9.84. The number of carbonyl (C=O) groups is 7. The number of alkyl carbamates (subject to hydrolysis) is 1. The van der Waals surface area contributed by atoms with Crippen LogP contribution in [0.2, 0.25) is 0 Å². The number of ketones is 1. The van der Waals surface area contributed by atoms with Crippen molar-refractivity contribution in [3.63, 3.8) is 0 Å². The Morgan fingerprint density at radius 2 is 1.43 bits per heavy atom. The van der Waals surface area contributed by atoms with E-state index >= 15 is 0 Å². The average Bonchev–Trinajstić information content (AvgIpc) is 3.55. The number of aromatic hydroxyl groups is 1. The van der Waals surface area contributed by atoms with E-state index in [4.69, 9.17) is 15.2 Å². The molecule has 5 amide bonds. The van der Waals surface area contributed by atoms with Gasteiger partial charge in [0, 0.05) is 29.0 Å². The summed E-state index contributed by atoms with van der Waals surface area (Å²) < 4.78 is 10.5. The first-order chi connectivity index (χ1) is 30.1. The Bertz CT molecular complexity index is 2330. The van der Waals surface area contributed by atoms with E-state index in [2.05, 4.69) is 21.3 Å². The van der Waals surface area contributed by atoms with Crippen molar-refractivity contribution >= 4 is 47.2 Å². The monoisotopic (exact) mass is 867 g/mol. The van der Waals surface area contributed by atoms with Crippen LogP contribution in [-0.4, -0.2) is 92.7 Å². The molecule has 4 aromatic rings. The summed E-state index contributed by atoms with van der Waals surface area (Å²) in [5.74, 6) is -6.99. The molecule has 0 aliphatic carbocycles. The molecule has 1 aliphatic rings. The minimum Gasteiger partial charge on any atom is -0.507 e. The number of aliphatic hydroxyl groups is 3. The fraction of sp³-hybridized carbons (Fsp3) is 0.311. The smallest absolute Gasteiger partial charge is 0.407 e. The molecule has 10 N–H and O–H groups in total. The Kier molecular flexibility index (Phi) is 15.7. The maximum atomic E-state index is 13.9. The van der Waals surface area contributed by atoms with E-state index in [0.29, 0.717) is 17.5 Å². The summed E-state index contributed by atoms with van der Waals surface area (Å²) in [6, 6.07) is 20.8. The standard InChI is InChI=1S/C45H49N5O13/c1-3-25(2)38(54)41(57)47-32(40(56)48-33(21-36(46)53)42(58)62-23-26-11-6-4-7-12-26)20-28-17-18-35(52)30(19-28)29-15-10-16-31-37(29)50-43(59)45(31,61)39(55)34(22-51)49-44(60)63-24-27-13-8-5-9-14-27/h4-19,25,32-34,39,51-52,55,61H,3,20-24H2,1-2H3,(H2,46,53)(H,47,57)(H,48,56)(H,49,60)(H,50,59)/t25?,32-,33-,34+,39+,45-/m0/s1. The predicted molar refractivity (Wildman–Crippen MR) is 225 cm³/mol. The number of nitrogens with one attached hydrogen (secondary N) is 4. The van der Waals surface area contributed by atoms with Gasteiger partial charge in [-0.2, -0.15) is 0 Å². The van der Waals surface area contributed by atoms with Crippen LogP contribution in [0.3, 0.4) is 0 Å². The van der Waals surface area contributed by atoms with Gasteiger partial charge in [0.15, 0.2) is 5.60 Å². The van der Waals surface area contributed by atoms with Crippen molar-refractivity contribution in [1.82, 2.24) is 16.0 Å². The highest BCUT2D eigenvalue weighted by atomic mass is 16.5. The van der Waals surface area contributed by atoms with Gasteiger partial charge in [-0.15, -0.1) is 0 Å². The summed E-state index contributed by atoms with van der Waals surface area (Å²) in [5, 5.41) is 54.1. The number of phenolic OH excluding ortho intramolecular Hbond substituents is 1. The number of rotatable bonds is 20. The molecule has 0 fully saturated rings. The number of phenols is 1. The highest BCUT2D eigenvalue weighted by molar-refractivity contribution is 6.37. The summed E-state index contributed by atoms with van der Waals surface area (Å²) in [5.41, 5.74) is 4.15. The molecule has 1 aliphatic heterocycles. The molecule has 0 saturated carbocycles. The van der Waals surface area contributed by atoms with Gasteiger partial charge in [0.05, 0.1) is 24.8 Å². The van der Waals surface area contributed by atoms with E-state index in [-0.39, 0.29) is 53.3 Å². The molecule has 4 aromatic carbocycles. The van der Waals surface area contributed by atoms with E-state index in [1.165, 1.54) is 43.3 Å². The van der Waals surface area contributed by atoms with Crippen LogP contribution in [0.25, 0.3) is 11.1 Å². The Hall–Kier alpha value is -7.15. The Morgan fingerprint density at radius 3 is 2.03 bits per heavy atom. The van der Waals surface area contributed by atoms with Crippen molar-refractivity contribution in [2.24, 2.45) is 11.7 Å². The second-order valence-corrected chi connectivity index (χ2v) is 15.0. The highest BCUT2D eigenvalue weighted by Crippen LogP contribution is 2.46. The van der Waals surface area contributed by atoms with Crippen LogP contribution < -0.4 is 27.0 Å². The van der Waals surface area contributed by atoms with Crippen LogP contribution in [0.15, 0.2) is 97.1 Å². The summed E-state index contributed by atoms with van der Waals surface area (Å²) in [6.45, 7) is 1.99. The van der Waals surface area contributed by atoms with Crippen molar-refractivity contribution < 1.29 is 63.5 Å². The quantitative estimate of drug-likeness (QED) is 0.0451. The molecule has 1 heterocycles. The molecule has 1 unspecified atom stereocenters. The minimum absolute atomic E-state index is 0.0435. The van der Waals surface area contributed by atoms with Gasteiger partial charge in [-0.25, -0.2) is 9.59 Å². The molecule has 6 atom stereocenters. The molecule has 0 spiro atoms. The summed E-state index contributed by atoms with van der Waals surface area (Å²) >= 11 is 0. The fourth-order valence-corrected chi connectivity index (χ4v) is 6.79. The van der Waals surface area contributed by atoms with Crippen molar-refractivity contribution in [2.75, 3.05) is 11.9 Å². The zero-order valence-corrected chi connectivity index (χ0v) is 34.4. The molecule has 0 aromatic heterocycles. The summed E-state index contributed by atoms with van der Waals surface area (Å²) in [4.78, 5) is 91.2. The average molecular weight is 868 g/mol. The zero-order chi connectivity index (χ0) is 45.8. The van der Waals surface area contributed by atoms with Gasteiger partial charge >= 0.3 is 12.1 Å². The molecule has 18 nitrogen and oxygen atoms in total. The number of amides is 5. The third kappa shape index (κ3) is 11.4. The number of para-hydroxylation sites is 1. The number of nitrogens with two attached hydrogens (primary N) is 1. The number of carbonyl (C=O) groups excluding carboxylic acids is 7. The zero-order valence-electron chi connectivity index (χ0n) is 34.4. The third-order valence-electron chi connectivity index (χ3n) is 10.5. The fourth-order valence-electron chi connectivity index (χ4n) is 6.79. The van der Waals surface area contributed by atoms with Crippen molar-refractivity contribution in [3.05, 3.63) is 119 Å². The van der Waals surface area contributed by atoms with Gasteiger partial charge in [-0.05, 0) is 35.2 Å². The van der Waals surface area contributed by atoms with E-state index in [9.17, 15) is 54.0 Å². The molecule has 5 rings (SSSR count). The van der Waals surface area contributed by atoms with Crippen LogP contribution in [-0.2, 0) is 63.5 Å². The van der Waals surface area contributed by atoms with Crippen LogP contribution in [0.4, 0.5) is 10.5 Å². The van der Waals surface area contributed by atoms with E-state index in [0.717, 1.165) is 0 Å². The van der Waals surface area contributed by atoms with Gasteiger partial charge in [-0.1, -0.05) is 98.8 Å². The number of primary amides is 1. The van der Waals surface area contributed by atoms with Gasteiger partial charge in [0.2, 0.25) is 17.6 Å². The number of hydrogen-bond donors (Lipinski definition) is 9. The predicted octanol–water partition coefficient (Wildman–Crippen LogP) is 1.59. The van der Waals surface area contributed by atoms with E-state index in [1.807, 2.05) is 0 Å². The molecule has 0 radical (unpaired) electrons. The van der Waals surface area contributed by atoms with Gasteiger partial charge < -0.3 is 56.9 Å². The second-order valence-electron chi connectivity index (χ2n) is 15.0. The van der Waals surface area contributed by atoms with Crippen LogP contribution >= 0.6 is 0 Å². The lowest BCUT2D eigenvalue weighted by Crippen LogP contribution is -2.58. The normalized spacial score (nSPS) is 16.5. The van der Waals surface area contributed by atoms with Crippen LogP contribution in [0.1, 0.15) is 48.9 Å². The SMILES string of the molecule is CCC(C)C(=O)C(=O)N[C@@H](Cc1ccc(O)c(-c2cccc3c2NC(=O)[C@@]3(O)[C@H](O)[C@@H](CO)NC(=O)OCc2ccccc2)c1)C(=O)N[C@@H](CC(N)=O)C(=O)OCc1ccccc1. The first-order valence-corrected chi connectivity index (χ1v) is 20.0. The van der Waals surface area contributed by atoms with Crippen molar-refractivity contribution in [2.45, 2.75) is 76.2 Å². The summed E-state index contributed by atoms with van der Waals surface area (Å²) in [6.07, 6.45) is -3.86. The maximum Gasteiger partial charge on any atom is 0.407 e. The van der Waals surface area contributed by atoms with Crippen LogP contribution in [0, 0.1) is 5.92 Å². The first-order valence-electron chi connectivity index (χ1n) is 20.0. The second kappa shape index (κ2) is 21.1. The molecule has 0 saturated heterocycles. The first kappa shape index (κ1) is 46.9. The van der Waals surface area contributed by atoms with Crippen molar-refractivity contribution in [3.8, 4) is 16.9 Å².